The molecule has 2 amide bonds. The van der Waals surface area contributed by atoms with Crippen molar-refractivity contribution in [2.24, 2.45) is 5.92 Å². The number of nitrogens with one attached hydrogen (secondary N) is 1. The minimum atomic E-state index is -4.29. The molecule has 3 atom stereocenters. The van der Waals surface area contributed by atoms with Crippen LogP contribution in [0.3, 0.4) is 0 Å². The largest absolute Gasteiger partial charge is 0.469 e. The highest BCUT2D eigenvalue weighted by Crippen LogP contribution is 2.47. The molecule has 0 aromatic heterocycles. The minimum Gasteiger partial charge on any atom is -0.469 e. The van der Waals surface area contributed by atoms with Gasteiger partial charge in [0, 0.05) is 7.05 Å². The van der Waals surface area contributed by atoms with Crippen LogP contribution in [0.1, 0.15) is 11.6 Å². The summed E-state index contributed by atoms with van der Waals surface area (Å²) in [5, 5.41) is 8.64. The standard InChI is InChI=1S/C14H15ClF2N2O4/c1-19-12(21)18-10(8-6-4-3-5-7-8)9(11(20)23-2)13(19,22)14(15,16)17/h3-7,9-10,22H,1-2H3,(H,18,21)/t9-,10+,13-/m0/s1. The van der Waals surface area contributed by atoms with Gasteiger partial charge in [-0.25, -0.2) is 4.79 Å². The maximum absolute atomic E-state index is 13.9. The number of ether oxygens (including phenoxy) is 1. The number of hydrogen-bond donors (Lipinski definition) is 2. The van der Waals surface area contributed by atoms with Crippen LogP contribution in [0.15, 0.2) is 30.3 Å². The van der Waals surface area contributed by atoms with Gasteiger partial charge in [0.05, 0.1) is 13.2 Å². The molecule has 0 radical (unpaired) electrons. The molecule has 1 aromatic rings. The Kier molecular flexibility index (Phi) is 4.50. The molecule has 2 rings (SSSR count). The van der Waals surface area contributed by atoms with Gasteiger partial charge in [0.1, 0.15) is 5.92 Å². The van der Waals surface area contributed by atoms with E-state index in [1.165, 1.54) is 12.1 Å². The smallest absolute Gasteiger partial charge is 0.369 e. The molecule has 1 aliphatic heterocycles. The van der Waals surface area contributed by atoms with Crippen molar-refractivity contribution in [1.82, 2.24) is 10.2 Å². The maximum atomic E-state index is 13.9. The van der Waals surface area contributed by atoms with E-state index in [9.17, 15) is 23.5 Å². The van der Waals surface area contributed by atoms with Gasteiger partial charge in [0.2, 0.25) is 5.72 Å². The zero-order valence-electron chi connectivity index (χ0n) is 12.3. The summed E-state index contributed by atoms with van der Waals surface area (Å²) < 4.78 is 32.4. The van der Waals surface area contributed by atoms with Gasteiger partial charge in [0.25, 0.3) is 0 Å². The van der Waals surface area contributed by atoms with Gasteiger partial charge < -0.3 is 15.2 Å². The number of alkyl halides is 3. The maximum Gasteiger partial charge on any atom is 0.369 e. The van der Waals surface area contributed by atoms with Crippen molar-refractivity contribution < 1.29 is 28.2 Å². The van der Waals surface area contributed by atoms with Gasteiger partial charge in [-0.2, -0.15) is 8.78 Å². The average molecular weight is 349 g/mol. The van der Waals surface area contributed by atoms with Crippen molar-refractivity contribution in [2.45, 2.75) is 17.1 Å². The fourth-order valence-corrected chi connectivity index (χ4v) is 2.88. The van der Waals surface area contributed by atoms with E-state index in [1.54, 1.807) is 18.2 Å². The Morgan fingerprint density at radius 3 is 2.48 bits per heavy atom. The molecule has 0 bridgehead atoms. The van der Waals surface area contributed by atoms with Gasteiger partial charge in [-0.1, -0.05) is 30.3 Å². The lowest BCUT2D eigenvalue weighted by Gasteiger charge is -2.49. The van der Waals surface area contributed by atoms with Crippen molar-refractivity contribution in [3.05, 3.63) is 35.9 Å². The van der Waals surface area contributed by atoms with Gasteiger partial charge in [-0.15, -0.1) is 0 Å². The molecule has 1 heterocycles. The van der Waals surface area contributed by atoms with Gasteiger partial charge in [-0.3, -0.25) is 9.69 Å². The number of rotatable bonds is 3. The SMILES string of the molecule is COC(=O)[C@@H]1[C@@H](c2ccccc2)NC(=O)N(C)[C@@]1(O)C(F)(F)Cl. The lowest BCUT2D eigenvalue weighted by Crippen LogP contribution is -2.72. The molecule has 23 heavy (non-hydrogen) atoms. The fraction of sp³-hybridized carbons (Fsp3) is 0.429. The van der Waals surface area contributed by atoms with E-state index in [4.69, 9.17) is 11.6 Å². The second-order valence-corrected chi connectivity index (χ2v) is 5.60. The number of carbonyl (C=O) groups is 2. The summed E-state index contributed by atoms with van der Waals surface area (Å²) in [6.07, 6.45) is 0. The Balaban J connectivity index is 2.63. The first-order valence-electron chi connectivity index (χ1n) is 6.60. The molecule has 1 aromatic carbocycles. The first-order chi connectivity index (χ1) is 10.6. The quantitative estimate of drug-likeness (QED) is 0.643. The predicted molar refractivity (Wildman–Crippen MR) is 76.7 cm³/mol. The summed E-state index contributed by atoms with van der Waals surface area (Å²) in [6.45, 7) is 0. The van der Waals surface area contributed by atoms with Crippen LogP contribution in [0.25, 0.3) is 0 Å². The number of esters is 1. The number of halogens is 3. The van der Waals surface area contributed by atoms with E-state index in [0.29, 0.717) is 10.5 Å². The summed E-state index contributed by atoms with van der Waals surface area (Å²) in [7, 11) is 1.91. The Morgan fingerprint density at radius 1 is 1.43 bits per heavy atom. The molecule has 1 saturated heterocycles. The molecular weight excluding hydrogens is 334 g/mol. The summed E-state index contributed by atoms with van der Waals surface area (Å²) in [4.78, 5) is 24.4. The predicted octanol–water partition coefficient (Wildman–Crippen LogP) is 1.69. The third kappa shape index (κ3) is 2.72. The minimum absolute atomic E-state index is 0.307. The number of carbonyl (C=O) groups excluding carboxylic acids is 2. The van der Waals surface area contributed by atoms with Gasteiger partial charge in [-0.05, 0) is 17.2 Å². The number of amides is 2. The number of urea groups is 1. The summed E-state index contributed by atoms with van der Waals surface area (Å²) >= 11 is 5.05. The van der Waals surface area contributed by atoms with E-state index in [-0.39, 0.29) is 0 Å². The van der Waals surface area contributed by atoms with Crippen LogP contribution >= 0.6 is 11.6 Å². The molecule has 1 fully saturated rings. The number of benzene rings is 1. The van der Waals surface area contributed by atoms with Crippen LogP contribution in [0, 0.1) is 5.92 Å². The van der Waals surface area contributed by atoms with Crippen LogP contribution in [-0.2, 0) is 9.53 Å². The average Bonchev–Trinajstić information content (AvgIpc) is 2.51. The molecule has 0 unspecified atom stereocenters. The lowest BCUT2D eigenvalue weighted by atomic mass is 9.81. The van der Waals surface area contributed by atoms with Crippen LogP contribution < -0.4 is 5.32 Å². The van der Waals surface area contributed by atoms with E-state index in [0.717, 1.165) is 14.2 Å². The normalized spacial score (nSPS) is 28.3. The molecule has 6 nitrogen and oxygen atoms in total. The molecule has 9 heteroatoms. The molecule has 126 valence electrons. The Labute approximate surface area is 136 Å². The third-order valence-corrected chi connectivity index (χ3v) is 4.17. The second-order valence-electron chi connectivity index (χ2n) is 5.12. The van der Waals surface area contributed by atoms with Crippen LogP contribution in [0.4, 0.5) is 13.6 Å². The first-order valence-corrected chi connectivity index (χ1v) is 6.98. The van der Waals surface area contributed by atoms with E-state index < -0.39 is 35.1 Å². The van der Waals surface area contributed by atoms with E-state index in [1.807, 2.05) is 0 Å². The molecule has 0 aliphatic carbocycles. The monoisotopic (exact) mass is 348 g/mol. The topological polar surface area (TPSA) is 78.9 Å². The third-order valence-electron chi connectivity index (χ3n) is 3.89. The van der Waals surface area contributed by atoms with Crippen molar-refractivity contribution in [3.8, 4) is 0 Å². The number of methoxy groups -OCH3 is 1. The number of hydrogen-bond acceptors (Lipinski definition) is 4. The molecule has 2 N–H and O–H groups in total. The van der Waals surface area contributed by atoms with Crippen LogP contribution in [0.5, 0.6) is 0 Å². The molecule has 1 aliphatic rings. The zero-order chi connectivity index (χ0) is 17.4. The highest BCUT2D eigenvalue weighted by molar-refractivity contribution is 6.22. The van der Waals surface area contributed by atoms with Gasteiger partial charge >= 0.3 is 17.4 Å². The summed E-state index contributed by atoms with van der Waals surface area (Å²) in [6, 6.07) is 5.70. The molecule has 0 spiro atoms. The Hall–Kier alpha value is -1.93. The molecule has 0 saturated carbocycles. The summed E-state index contributed by atoms with van der Waals surface area (Å²) in [5.74, 6) is -2.97. The molecular formula is C14H15ClF2N2O4. The van der Waals surface area contributed by atoms with Gasteiger partial charge in [0.15, 0.2) is 0 Å². The second kappa shape index (κ2) is 5.93. The number of nitrogens with zero attached hydrogens (tertiary/aromatic N) is 1. The van der Waals surface area contributed by atoms with Crippen molar-refractivity contribution in [2.75, 3.05) is 14.2 Å². The first kappa shape index (κ1) is 17.4. The van der Waals surface area contributed by atoms with Crippen molar-refractivity contribution in [3.63, 3.8) is 0 Å². The lowest BCUT2D eigenvalue weighted by molar-refractivity contribution is -0.242. The fourth-order valence-electron chi connectivity index (χ4n) is 2.64. The Morgan fingerprint density at radius 2 is 2.00 bits per heavy atom. The number of aliphatic hydroxyl groups is 1. The Bertz CT molecular complexity index is 611. The highest BCUT2D eigenvalue weighted by atomic mass is 35.5. The zero-order valence-corrected chi connectivity index (χ0v) is 13.1. The van der Waals surface area contributed by atoms with Crippen molar-refractivity contribution >= 4 is 23.6 Å². The van der Waals surface area contributed by atoms with E-state index in [2.05, 4.69) is 10.1 Å². The van der Waals surface area contributed by atoms with E-state index >= 15 is 0 Å². The van der Waals surface area contributed by atoms with Crippen LogP contribution in [-0.4, -0.2) is 47.3 Å². The highest BCUT2D eigenvalue weighted by Gasteiger charge is 2.68. The summed E-state index contributed by atoms with van der Waals surface area (Å²) in [5.41, 5.74) is -2.91. The van der Waals surface area contributed by atoms with Crippen LogP contribution in [0.2, 0.25) is 0 Å². The van der Waals surface area contributed by atoms with Crippen molar-refractivity contribution in [1.29, 1.82) is 0 Å².